The normalized spacial score (nSPS) is 14.0. The smallest absolute Gasteiger partial charge is 0.372 e. The molecule has 0 saturated carbocycles. The average Bonchev–Trinajstić information content (AvgIpc) is 2.88. The van der Waals surface area contributed by atoms with Crippen LogP contribution in [0.25, 0.3) is 0 Å². The van der Waals surface area contributed by atoms with Crippen molar-refractivity contribution in [1.29, 1.82) is 0 Å². The molecule has 0 fully saturated rings. The molecule has 0 bridgehead atoms. The number of aliphatic carboxylic acids is 1. The summed E-state index contributed by atoms with van der Waals surface area (Å²) in [5, 5.41) is 14.3. The fourth-order valence-electron chi connectivity index (χ4n) is 1.82. The Bertz CT molecular complexity index is 568. The van der Waals surface area contributed by atoms with Crippen molar-refractivity contribution in [2.45, 2.75) is 19.4 Å². The maximum absolute atomic E-state index is 11.7. The lowest BCUT2D eigenvalue weighted by Crippen LogP contribution is -2.21. The van der Waals surface area contributed by atoms with Crippen molar-refractivity contribution < 1.29 is 19.5 Å². The zero-order valence-electron chi connectivity index (χ0n) is 10.7. The highest BCUT2D eigenvalue weighted by Crippen LogP contribution is 2.11. The molecule has 0 unspecified atom stereocenters. The Kier molecular flexibility index (Phi) is 4.19. The minimum atomic E-state index is -1.60. The SMILES string of the molecule is O=C(O)C(=O)CC(=O)C1=NN(Cc2ccccn2)CC1. The fourth-order valence-corrected chi connectivity index (χ4v) is 1.82. The van der Waals surface area contributed by atoms with Gasteiger partial charge in [-0.2, -0.15) is 5.10 Å². The van der Waals surface area contributed by atoms with Gasteiger partial charge >= 0.3 is 5.97 Å². The van der Waals surface area contributed by atoms with E-state index in [9.17, 15) is 14.4 Å². The molecule has 20 heavy (non-hydrogen) atoms. The standard InChI is InChI=1S/C13H13N3O4/c17-11(7-12(18)13(19)20)10-4-6-16(15-10)8-9-3-1-2-5-14-9/h1-3,5H,4,6-8H2,(H,19,20). The summed E-state index contributed by atoms with van der Waals surface area (Å²) < 4.78 is 0. The highest BCUT2D eigenvalue weighted by molar-refractivity contribution is 6.48. The highest BCUT2D eigenvalue weighted by atomic mass is 16.4. The molecule has 0 aromatic carbocycles. The van der Waals surface area contributed by atoms with Crippen LogP contribution in [-0.4, -0.2) is 44.9 Å². The van der Waals surface area contributed by atoms with Gasteiger partial charge in [0.1, 0.15) is 5.71 Å². The number of ketones is 2. The van der Waals surface area contributed by atoms with Crippen LogP contribution in [0, 0.1) is 0 Å². The molecular formula is C13H13N3O4. The lowest BCUT2D eigenvalue weighted by atomic mass is 10.1. The average molecular weight is 275 g/mol. The van der Waals surface area contributed by atoms with Gasteiger partial charge in [0, 0.05) is 19.2 Å². The first-order valence-electron chi connectivity index (χ1n) is 6.08. The van der Waals surface area contributed by atoms with Crippen molar-refractivity contribution in [3.8, 4) is 0 Å². The molecular weight excluding hydrogens is 262 g/mol. The number of aromatic nitrogens is 1. The molecule has 1 N–H and O–H groups in total. The number of carbonyl (C=O) groups is 3. The first kappa shape index (κ1) is 13.9. The summed E-state index contributed by atoms with van der Waals surface area (Å²) in [4.78, 5) is 37.2. The van der Waals surface area contributed by atoms with Crippen molar-refractivity contribution in [2.24, 2.45) is 5.10 Å². The maximum Gasteiger partial charge on any atom is 0.372 e. The predicted octanol–water partition coefficient (Wildman–Crippen LogP) is 0.256. The first-order chi connectivity index (χ1) is 9.56. The monoisotopic (exact) mass is 275 g/mol. The second-order valence-electron chi connectivity index (χ2n) is 4.33. The summed E-state index contributed by atoms with van der Waals surface area (Å²) >= 11 is 0. The summed E-state index contributed by atoms with van der Waals surface area (Å²) in [5.74, 6) is -3.23. The number of rotatable bonds is 6. The molecule has 104 valence electrons. The molecule has 7 heteroatoms. The largest absolute Gasteiger partial charge is 0.475 e. The Morgan fingerprint density at radius 2 is 2.10 bits per heavy atom. The first-order valence-corrected chi connectivity index (χ1v) is 6.08. The van der Waals surface area contributed by atoms with E-state index in [1.54, 1.807) is 11.2 Å². The number of carbonyl (C=O) groups excluding carboxylic acids is 2. The Morgan fingerprint density at radius 1 is 1.30 bits per heavy atom. The number of pyridine rings is 1. The van der Waals surface area contributed by atoms with Gasteiger partial charge in [0.2, 0.25) is 5.78 Å². The molecule has 0 aliphatic carbocycles. The van der Waals surface area contributed by atoms with Crippen molar-refractivity contribution >= 4 is 23.2 Å². The Hall–Kier alpha value is -2.57. The Morgan fingerprint density at radius 3 is 2.75 bits per heavy atom. The van der Waals surface area contributed by atoms with Gasteiger partial charge in [0.25, 0.3) is 0 Å². The van der Waals surface area contributed by atoms with Crippen LogP contribution in [0.15, 0.2) is 29.5 Å². The van der Waals surface area contributed by atoms with E-state index in [-0.39, 0.29) is 5.71 Å². The van der Waals surface area contributed by atoms with Gasteiger partial charge in [-0.25, -0.2) is 4.79 Å². The quantitative estimate of drug-likeness (QED) is 0.590. The zero-order chi connectivity index (χ0) is 14.5. The van der Waals surface area contributed by atoms with Crippen LogP contribution in [0.3, 0.4) is 0 Å². The van der Waals surface area contributed by atoms with Crippen molar-refractivity contribution in [2.75, 3.05) is 6.54 Å². The van der Waals surface area contributed by atoms with Crippen molar-refractivity contribution in [1.82, 2.24) is 9.99 Å². The van der Waals surface area contributed by atoms with Crippen LogP contribution in [-0.2, 0) is 20.9 Å². The van der Waals surface area contributed by atoms with Crippen molar-refractivity contribution in [3.63, 3.8) is 0 Å². The number of carboxylic acids is 1. The van der Waals surface area contributed by atoms with Gasteiger partial charge in [0.05, 0.1) is 18.7 Å². The molecule has 7 nitrogen and oxygen atoms in total. The van der Waals surface area contributed by atoms with E-state index in [0.29, 0.717) is 19.5 Å². The minimum absolute atomic E-state index is 0.246. The lowest BCUT2D eigenvalue weighted by Gasteiger charge is -2.11. The predicted molar refractivity (Wildman–Crippen MR) is 69.0 cm³/mol. The molecule has 1 aliphatic heterocycles. The van der Waals surface area contributed by atoms with Gasteiger partial charge in [-0.3, -0.25) is 19.6 Å². The molecule has 0 saturated heterocycles. The molecule has 0 amide bonds. The topological polar surface area (TPSA) is 99.9 Å². The third-order valence-electron chi connectivity index (χ3n) is 2.82. The summed E-state index contributed by atoms with van der Waals surface area (Å²) in [5.41, 5.74) is 1.07. The number of hydrogen-bond acceptors (Lipinski definition) is 6. The van der Waals surface area contributed by atoms with Crippen LogP contribution in [0.2, 0.25) is 0 Å². The van der Waals surface area contributed by atoms with Gasteiger partial charge in [-0.15, -0.1) is 0 Å². The second kappa shape index (κ2) is 6.05. The molecule has 0 spiro atoms. The van der Waals surface area contributed by atoms with Crippen LogP contribution >= 0.6 is 0 Å². The molecule has 2 rings (SSSR count). The zero-order valence-corrected chi connectivity index (χ0v) is 10.7. The molecule has 2 heterocycles. The van der Waals surface area contributed by atoms with E-state index >= 15 is 0 Å². The Labute approximate surface area is 114 Å². The Balaban J connectivity index is 1.95. The summed E-state index contributed by atoms with van der Waals surface area (Å²) in [6, 6.07) is 5.52. The molecule has 1 aromatic rings. The van der Waals surface area contributed by atoms with Gasteiger partial charge in [-0.05, 0) is 12.1 Å². The number of hydrogen-bond donors (Lipinski definition) is 1. The maximum atomic E-state index is 11.7. The number of hydrazone groups is 1. The third-order valence-corrected chi connectivity index (χ3v) is 2.82. The number of nitrogens with zero attached hydrogens (tertiary/aromatic N) is 3. The van der Waals surface area contributed by atoms with Crippen molar-refractivity contribution in [3.05, 3.63) is 30.1 Å². The second-order valence-corrected chi connectivity index (χ2v) is 4.33. The summed E-state index contributed by atoms with van der Waals surface area (Å²) in [7, 11) is 0. The van der Waals surface area contributed by atoms with E-state index in [1.807, 2.05) is 18.2 Å². The third kappa shape index (κ3) is 3.47. The molecule has 1 aromatic heterocycles. The van der Waals surface area contributed by atoms with E-state index in [4.69, 9.17) is 5.11 Å². The van der Waals surface area contributed by atoms with E-state index in [1.165, 1.54) is 0 Å². The lowest BCUT2D eigenvalue weighted by molar-refractivity contribution is -0.149. The molecule has 0 radical (unpaired) electrons. The number of Topliss-reactive ketones (excluding diaryl/α,β-unsaturated/α-hetero) is 2. The van der Waals surface area contributed by atoms with Gasteiger partial charge in [-0.1, -0.05) is 6.07 Å². The van der Waals surface area contributed by atoms with E-state index < -0.39 is 24.0 Å². The fraction of sp³-hybridized carbons (Fsp3) is 0.308. The summed E-state index contributed by atoms with van der Waals surface area (Å²) in [6.45, 7) is 1.03. The van der Waals surface area contributed by atoms with Crippen LogP contribution in [0.1, 0.15) is 18.5 Å². The van der Waals surface area contributed by atoms with Gasteiger partial charge < -0.3 is 5.11 Å². The van der Waals surface area contributed by atoms with Crippen LogP contribution in [0.5, 0.6) is 0 Å². The van der Waals surface area contributed by atoms with Gasteiger partial charge in [0.15, 0.2) is 5.78 Å². The molecule has 0 atom stereocenters. The summed E-state index contributed by atoms with van der Waals surface area (Å²) in [6.07, 6.45) is 1.46. The van der Waals surface area contributed by atoms with Crippen LogP contribution < -0.4 is 0 Å². The van der Waals surface area contributed by atoms with Crippen LogP contribution in [0.4, 0.5) is 0 Å². The van der Waals surface area contributed by atoms with E-state index in [0.717, 1.165) is 5.69 Å². The molecule has 1 aliphatic rings. The minimum Gasteiger partial charge on any atom is -0.475 e. The highest BCUT2D eigenvalue weighted by Gasteiger charge is 2.25. The van der Waals surface area contributed by atoms with E-state index in [2.05, 4.69) is 10.1 Å². The number of carboxylic acid groups (broad SMARTS) is 1.